The molecule has 14 heteroatoms. The van der Waals surface area contributed by atoms with E-state index in [9.17, 15) is 31.5 Å². The highest BCUT2D eigenvalue weighted by Crippen LogP contribution is 2.40. The summed E-state index contributed by atoms with van der Waals surface area (Å²) in [5.41, 5.74) is 6.29. The van der Waals surface area contributed by atoms with E-state index in [-0.39, 0.29) is 48.2 Å². The molecule has 41 heavy (non-hydrogen) atoms. The number of urea groups is 1. The Morgan fingerprint density at radius 3 is 2.51 bits per heavy atom. The highest BCUT2D eigenvalue weighted by Gasteiger charge is 2.43. The number of hydrogen-bond acceptors (Lipinski definition) is 6. The second kappa shape index (κ2) is 12.0. The van der Waals surface area contributed by atoms with Gasteiger partial charge in [0, 0.05) is 29.9 Å². The summed E-state index contributed by atoms with van der Waals surface area (Å²) in [4.78, 5) is 35.6. The number of carbonyl (C=O) groups excluding carboxylic acids is 2. The van der Waals surface area contributed by atoms with Gasteiger partial charge in [-0.1, -0.05) is 19.1 Å². The van der Waals surface area contributed by atoms with E-state index < -0.39 is 35.4 Å². The number of fused-ring (bicyclic) bond motifs is 1. The topological polar surface area (TPSA) is 116 Å². The lowest BCUT2D eigenvalue weighted by Gasteiger charge is -2.31. The fraction of sp³-hybridized carbons (Fsp3) is 0.333. The molecule has 0 spiro atoms. The first kappa shape index (κ1) is 29.6. The van der Waals surface area contributed by atoms with E-state index in [1.165, 1.54) is 12.1 Å². The largest absolute Gasteiger partial charge is 0.471 e. The summed E-state index contributed by atoms with van der Waals surface area (Å²) in [6.07, 6.45) is -4.30. The van der Waals surface area contributed by atoms with Gasteiger partial charge in [0.05, 0.1) is 12.2 Å². The van der Waals surface area contributed by atoms with Gasteiger partial charge in [-0.05, 0) is 56.1 Å². The number of halogens is 5. The summed E-state index contributed by atoms with van der Waals surface area (Å²) in [5, 5.41) is 5.54. The van der Waals surface area contributed by atoms with Gasteiger partial charge >= 0.3 is 18.1 Å². The molecule has 2 aromatic carbocycles. The smallest absolute Gasteiger partial charge is 0.354 e. The maximum absolute atomic E-state index is 14.9. The van der Waals surface area contributed by atoms with Crippen molar-refractivity contribution in [2.45, 2.75) is 39.4 Å². The van der Waals surface area contributed by atoms with Gasteiger partial charge in [0.1, 0.15) is 17.3 Å². The van der Waals surface area contributed by atoms with Crippen molar-refractivity contribution in [1.82, 2.24) is 15.3 Å². The standard InChI is InChI=1S/C27H28F5N7O2/c1-3-12-38(24(40)27(30,31)32)16-9-8-15(2)17(13-16)21-18-14-35-26(41)39(22-19(28)6-4-7-20(22)29)23(18)37-25(36-21)34-11-5-10-33/h4,6-9,13H,3,5,10-12,14,33H2,1-2H3,(H,35,41)(H,34,36,37). The highest BCUT2D eigenvalue weighted by atomic mass is 19.4. The number of carbonyl (C=O) groups is 2. The molecular formula is C27H28F5N7O2. The van der Waals surface area contributed by atoms with E-state index in [1.807, 2.05) is 0 Å². The molecule has 3 amide bonds. The fourth-order valence-electron chi connectivity index (χ4n) is 4.43. The number of aryl methyl sites for hydroxylation is 1. The average Bonchev–Trinajstić information content (AvgIpc) is 2.92. The Hall–Kier alpha value is -4.33. The van der Waals surface area contributed by atoms with Gasteiger partial charge < -0.3 is 21.3 Å². The number of nitrogens with one attached hydrogen (secondary N) is 2. The van der Waals surface area contributed by atoms with Crippen LogP contribution in [0.2, 0.25) is 0 Å². The predicted octanol–water partition coefficient (Wildman–Crippen LogP) is 5.16. The quantitative estimate of drug-likeness (QED) is 0.239. The van der Waals surface area contributed by atoms with Gasteiger partial charge in [-0.25, -0.2) is 23.5 Å². The van der Waals surface area contributed by atoms with Crippen molar-refractivity contribution in [3.63, 3.8) is 0 Å². The molecule has 0 bridgehead atoms. The van der Waals surface area contributed by atoms with E-state index in [4.69, 9.17) is 5.73 Å². The van der Waals surface area contributed by atoms with Crippen LogP contribution in [-0.2, 0) is 11.3 Å². The van der Waals surface area contributed by atoms with Crippen LogP contribution in [0.15, 0.2) is 36.4 Å². The molecule has 218 valence electrons. The lowest BCUT2D eigenvalue weighted by atomic mass is 9.99. The SMILES string of the molecule is CCCN(C(=O)C(F)(F)F)c1ccc(C)c(-c2nc(NCCCN)nc3c2CNC(=O)N3c2c(F)cccc2F)c1. The second-order valence-corrected chi connectivity index (χ2v) is 9.29. The van der Waals surface area contributed by atoms with Crippen LogP contribution in [0.3, 0.4) is 0 Å². The number of aromatic nitrogens is 2. The summed E-state index contributed by atoms with van der Waals surface area (Å²) in [6, 6.07) is 6.64. The van der Waals surface area contributed by atoms with Gasteiger partial charge in [0.25, 0.3) is 0 Å². The molecule has 4 rings (SSSR count). The Balaban J connectivity index is 1.94. The maximum atomic E-state index is 14.9. The molecule has 0 saturated carbocycles. The summed E-state index contributed by atoms with van der Waals surface area (Å²) in [7, 11) is 0. The monoisotopic (exact) mass is 577 g/mol. The van der Waals surface area contributed by atoms with Crippen LogP contribution in [0.25, 0.3) is 11.3 Å². The van der Waals surface area contributed by atoms with Crippen molar-refractivity contribution in [2.24, 2.45) is 5.73 Å². The lowest BCUT2D eigenvalue weighted by molar-refractivity contribution is -0.170. The minimum atomic E-state index is -5.09. The third kappa shape index (κ3) is 6.06. The normalized spacial score (nSPS) is 13.1. The first-order valence-corrected chi connectivity index (χ1v) is 12.8. The number of anilines is 4. The summed E-state index contributed by atoms with van der Waals surface area (Å²) >= 11 is 0. The predicted molar refractivity (Wildman–Crippen MR) is 144 cm³/mol. The molecule has 0 radical (unpaired) electrons. The lowest BCUT2D eigenvalue weighted by Crippen LogP contribution is -2.43. The van der Waals surface area contributed by atoms with Gasteiger partial charge in [0.15, 0.2) is 5.82 Å². The van der Waals surface area contributed by atoms with Gasteiger partial charge in [-0.15, -0.1) is 0 Å². The Morgan fingerprint density at radius 2 is 1.88 bits per heavy atom. The number of rotatable bonds is 9. The molecule has 0 atom stereocenters. The Morgan fingerprint density at radius 1 is 1.17 bits per heavy atom. The highest BCUT2D eigenvalue weighted by molar-refractivity contribution is 6.02. The second-order valence-electron chi connectivity index (χ2n) is 9.29. The van der Waals surface area contributed by atoms with Gasteiger partial charge in [-0.2, -0.15) is 18.2 Å². The van der Waals surface area contributed by atoms with E-state index >= 15 is 0 Å². The molecule has 0 unspecified atom stereocenters. The molecule has 0 fully saturated rings. The molecule has 1 aliphatic rings. The molecule has 2 heterocycles. The summed E-state index contributed by atoms with van der Waals surface area (Å²) < 4.78 is 69.9. The molecular weight excluding hydrogens is 549 g/mol. The van der Waals surface area contributed by atoms with Crippen LogP contribution in [-0.4, -0.2) is 47.7 Å². The van der Waals surface area contributed by atoms with Crippen molar-refractivity contribution in [3.8, 4) is 11.3 Å². The average molecular weight is 578 g/mol. The number of amides is 3. The van der Waals surface area contributed by atoms with E-state index in [2.05, 4.69) is 20.6 Å². The molecule has 0 aliphatic carbocycles. The van der Waals surface area contributed by atoms with Crippen LogP contribution in [0.4, 0.5) is 49.9 Å². The van der Waals surface area contributed by atoms with E-state index in [1.54, 1.807) is 19.9 Å². The minimum absolute atomic E-state index is 0.00485. The van der Waals surface area contributed by atoms with E-state index in [0.717, 1.165) is 23.1 Å². The van der Waals surface area contributed by atoms with Gasteiger partial charge in [-0.3, -0.25) is 4.79 Å². The number of benzene rings is 2. The zero-order valence-electron chi connectivity index (χ0n) is 22.3. The number of alkyl halides is 3. The third-order valence-corrected chi connectivity index (χ3v) is 6.36. The van der Waals surface area contributed by atoms with E-state index in [0.29, 0.717) is 35.5 Å². The number of nitrogens with zero attached hydrogens (tertiary/aromatic N) is 4. The van der Waals surface area contributed by atoms with Crippen molar-refractivity contribution in [1.29, 1.82) is 0 Å². The van der Waals surface area contributed by atoms with Crippen molar-refractivity contribution in [2.75, 3.05) is 34.8 Å². The molecule has 3 aromatic rings. The fourth-order valence-corrected chi connectivity index (χ4v) is 4.43. The molecule has 1 aliphatic heterocycles. The molecule has 1 aromatic heterocycles. The molecule has 0 saturated heterocycles. The summed E-state index contributed by atoms with van der Waals surface area (Å²) in [6.45, 7) is 3.69. The third-order valence-electron chi connectivity index (χ3n) is 6.36. The van der Waals surface area contributed by atoms with Crippen LogP contribution in [0, 0.1) is 18.6 Å². The van der Waals surface area contributed by atoms with Crippen molar-refractivity contribution >= 4 is 35.1 Å². The number of nitrogens with two attached hydrogens (primary N) is 1. The first-order chi connectivity index (χ1) is 19.5. The van der Waals surface area contributed by atoms with Crippen LogP contribution >= 0.6 is 0 Å². The Labute approximate surface area is 232 Å². The Bertz CT molecular complexity index is 1440. The van der Waals surface area contributed by atoms with Crippen LogP contribution < -0.4 is 26.2 Å². The van der Waals surface area contributed by atoms with Crippen LogP contribution in [0.1, 0.15) is 30.9 Å². The van der Waals surface area contributed by atoms with Crippen LogP contribution in [0.5, 0.6) is 0 Å². The van der Waals surface area contributed by atoms with Gasteiger partial charge in [0.2, 0.25) is 5.95 Å². The number of para-hydroxylation sites is 1. The maximum Gasteiger partial charge on any atom is 0.471 e. The first-order valence-electron chi connectivity index (χ1n) is 12.8. The zero-order valence-corrected chi connectivity index (χ0v) is 22.3. The zero-order chi connectivity index (χ0) is 29.9. The summed E-state index contributed by atoms with van der Waals surface area (Å²) in [5.74, 6) is -4.14. The molecule has 9 nitrogen and oxygen atoms in total. The minimum Gasteiger partial charge on any atom is -0.354 e. The Kier molecular flexibility index (Phi) is 8.71. The van der Waals surface area contributed by atoms with Crippen molar-refractivity contribution in [3.05, 3.63) is 59.2 Å². The van der Waals surface area contributed by atoms with Crippen molar-refractivity contribution < 1.29 is 31.5 Å². The number of hydrogen-bond donors (Lipinski definition) is 3. The molecule has 4 N–H and O–H groups in total.